The Morgan fingerprint density at radius 2 is 2.14 bits per heavy atom. The average Bonchev–Trinajstić information content (AvgIpc) is 3.28. The number of carbonyl (C=O) groups is 1. The predicted molar refractivity (Wildman–Crippen MR) is 107 cm³/mol. The van der Waals surface area contributed by atoms with Crippen LogP contribution in [0.4, 0.5) is 0 Å². The lowest BCUT2D eigenvalue weighted by Gasteiger charge is -2.13. The molecule has 2 heterocycles. The van der Waals surface area contributed by atoms with Crippen molar-refractivity contribution in [3.05, 3.63) is 65.1 Å². The summed E-state index contributed by atoms with van der Waals surface area (Å²) >= 11 is 0. The third kappa shape index (κ3) is 5.29. The van der Waals surface area contributed by atoms with E-state index in [2.05, 4.69) is 20.6 Å². The molecular weight excluding hydrogens is 368 g/mol. The van der Waals surface area contributed by atoms with Crippen LogP contribution in [0.25, 0.3) is 0 Å². The van der Waals surface area contributed by atoms with Crippen LogP contribution in [0.5, 0.6) is 0 Å². The van der Waals surface area contributed by atoms with Gasteiger partial charge in [0.1, 0.15) is 23.8 Å². The summed E-state index contributed by atoms with van der Waals surface area (Å²) < 4.78 is 6.67. The molecule has 29 heavy (non-hydrogen) atoms. The third-order valence-electron chi connectivity index (χ3n) is 4.98. The van der Waals surface area contributed by atoms with Gasteiger partial charge >= 0.3 is 0 Å². The molecule has 1 amide bonds. The van der Waals surface area contributed by atoms with Crippen molar-refractivity contribution in [1.29, 1.82) is 0 Å². The first-order valence-electron chi connectivity index (χ1n) is 9.99. The Labute approximate surface area is 169 Å². The van der Waals surface area contributed by atoms with Gasteiger partial charge in [-0.2, -0.15) is 5.10 Å². The molecule has 0 radical (unpaired) electrons. The zero-order valence-electron chi connectivity index (χ0n) is 16.5. The lowest BCUT2D eigenvalue weighted by molar-refractivity contribution is -0.122. The van der Waals surface area contributed by atoms with E-state index in [1.165, 1.54) is 12.8 Å². The van der Waals surface area contributed by atoms with E-state index in [9.17, 15) is 4.79 Å². The normalized spacial score (nSPS) is 14.7. The molecule has 1 aromatic carbocycles. The van der Waals surface area contributed by atoms with E-state index in [1.54, 1.807) is 10.7 Å². The summed E-state index contributed by atoms with van der Waals surface area (Å²) in [6.45, 7) is 2.20. The van der Waals surface area contributed by atoms with Crippen molar-refractivity contribution in [1.82, 2.24) is 25.2 Å². The van der Waals surface area contributed by atoms with Crippen molar-refractivity contribution in [2.24, 2.45) is 11.7 Å². The van der Waals surface area contributed by atoms with Crippen molar-refractivity contribution in [2.45, 2.75) is 51.7 Å². The zero-order valence-corrected chi connectivity index (χ0v) is 16.5. The SMILES string of the molecule is Cc1cc(CNC(=O)Cn2nc(CC3CC3)nc2C(N)Cc2ccccc2)no1. The minimum atomic E-state index is -0.330. The highest BCUT2D eigenvalue weighted by atomic mass is 16.5. The Balaban J connectivity index is 1.44. The molecule has 4 rings (SSSR count). The van der Waals surface area contributed by atoms with E-state index in [1.807, 2.05) is 37.3 Å². The van der Waals surface area contributed by atoms with E-state index in [4.69, 9.17) is 10.3 Å². The van der Waals surface area contributed by atoms with Gasteiger partial charge in [-0.15, -0.1) is 0 Å². The molecule has 2 aromatic heterocycles. The first-order valence-corrected chi connectivity index (χ1v) is 9.99. The zero-order chi connectivity index (χ0) is 20.2. The van der Waals surface area contributed by atoms with Gasteiger partial charge in [-0.25, -0.2) is 9.67 Å². The average molecular weight is 394 g/mol. The number of benzene rings is 1. The Morgan fingerprint density at radius 1 is 1.34 bits per heavy atom. The monoisotopic (exact) mass is 394 g/mol. The maximum absolute atomic E-state index is 12.5. The van der Waals surface area contributed by atoms with Gasteiger partial charge in [0.05, 0.1) is 12.6 Å². The van der Waals surface area contributed by atoms with Crippen LogP contribution in [0.1, 0.15) is 47.5 Å². The van der Waals surface area contributed by atoms with Crippen LogP contribution in [0.15, 0.2) is 40.9 Å². The molecule has 1 aliphatic rings. The fourth-order valence-electron chi connectivity index (χ4n) is 3.30. The molecule has 0 spiro atoms. The molecule has 8 nitrogen and oxygen atoms in total. The summed E-state index contributed by atoms with van der Waals surface area (Å²) in [4.78, 5) is 17.2. The van der Waals surface area contributed by atoms with Crippen LogP contribution in [0, 0.1) is 12.8 Å². The quantitative estimate of drug-likeness (QED) is 0.575. The fraction of sp³-hybridized carbons (Fsp3) is 0.429. The highest BCUT2D eigenvalue weighted by Gasteiger charge is 2.26. The minimum absolute atomic E-state index is 0.0757. The fourth-order valence-corrected chi connectivity index (χ4v) is 3.30. The second kappa shape index (κ2) is 8.57. The summed E-state index contributed by atoms with van der Waals surface area (Å²) in [5.74, 6) is 2.63. The van der Waals surface area contributed by atoms with Crippen LogP contribution in [-0.2, 0) is 30.7 Å². The number of hydrogen-bond acceptors (Lipinski definition) is 6. The van der Waals surface area contributed by atoms with Gasteiger partial charge in [-0.3, -0.25) is 4.79 Å². The van der Waals surface area contributed by atoms with E-state index in [-0.39, 0.29) is 18.5 Å². The Hall–Kier alpha value is -3.00. The summed E-state index contributed by atoms with van der Waals surface area (Å²) in [6, 6.07) is 11.5. The second-order valence-corrected chi connectivity index (χ2v) is 7.69. The Bertz CT molecular complexity index is 961. The number of nitrogens with one attached hydrogen (secondary N) is 1. The molecule has 1 aliphatic carbocycles. The molecule has 1 unspecified atom stereocenters. The van der Waals surface area contributed by atoms with Crippen molar-refractivity contribution in [3.8, 4) is 0 Å². The van der Waals surface area contributed by atoms with Gasteiger partial charge in [0.25, 0.3) is 0 Å². The van der Waals surface area contributed by atoms with Crippen LogP contribution in [0.2, 0.25) is 0 Å². The standard InChI is InChI=1S/C21H26N6O2/c1-14-9-17(26-29-14)12-23-20(28)13-27-21(24-19(25-27)11-16-7-8-16)18(22)10-15-5-3-2-4-6-15/h2-6,9,16,18H,7-8,10-13,22H2,1H3,(H,23,28). The third-order valence-corrected chi connectivity index (χ3v) is 4.98. The summed E-state index contributed by atoms with van der Waals surface area (Å²) in [5, 5.41) is 11.3. The second-order valence-electron chi connectivity index (χ2n) is 7.69. The van der Waals surface area contributed by atoms with Crippen LogP contribution >= 0.6 is 0 Å². The van der Waals surface area contributed by atoms with Gasteiger partial charge in [-0.1, -0.05) is 35.5 Å². The molecule has 0 bridgehead atoms. The minimum Gasteiger partial charge on any atom is -0.361 e. The summed E-state index contributed by atoms with van der Waals surface area (Å²) in [6.07, 6.45) is 3.93. The van der Waals surface area contributed by atoms with Crippen molar-refractivity contribution in [3.63, 3.8) is 0 Å². The van der Waals surface area contributed by atoms with Gasteiger partial charge in [0.2, 0.25) is 5.91 Å². The number of aryl methyl sites for hydroxylation is 1. The van der Waals surface area contributed by atoms with Crippen molar-refractivity contribution < 1.29 is 9.32 Å². The van der Waals surface area contributed by atoms with Crippen LogP contribution in [-0.4, -0.2) is 25.8 Å². The van der Waals surface area contributed by atoms with E-state index in [0.29, 0.717) is 36.2 Å². The molecule has 1 fully saturated rings. The van der Waals surface area contributed by atoms with Crippen LogP contribution < -0.4 is 11.1 Å². The van der Waals surface area contributed by atoms with Gasteiger partial charge in [-0.05, 0) is 37.7 Å². The molecule has 3 N–H and O–H groups in total. The first-order chi connectivity index (χ1) is 14.1. The Kier molecular flexibility index (Phi) is 5.71. The number of rotatable bonds is 9. The topological polar surface area (TPSA) is 112 Å². The van der Waals surface area contributed by atoms with Crippen molar-refractivity contribution >= 4 is 5.91 Å². The molecular formula is C21H26N6O2. The number of nitrogens with two attached hydrogens (primary N) is 1. The highest BCUT2D eigenvalue weighted by Crippen LogP contribution is 2.32. The molecule has 0 aliphatic heterocycles. The number of hydrogen-bond donors (Lipinski definition) is 2. The van der Waals surface area contributed by atoms with Gasteiger partial charge < -0.3 is 15.6 Å². The molecule has 0 saturated heterocycles. The summed E-state index contributed by atoms with van der Waals surface area (Å²) in [5.41, 5.74) is 8.27. The molecule has 1 saturated carbocycles. The van der Waals surface area contributed by atoms with E-state index >= 15 is 0 Å². The van der Waals surface area contributed by atoms with Gasteiger partial charge in [0, 0.05) is 12.5 Å². The number of carbonyl (C=O) groups excluding carboxylic acids is 1. The maximum Gasteiger partial charge on any atom is 0.242 e. The predicted octanol–water partition coefficient (Wildman–Crippen LogP) is 2.09. The van der Waals surface area contributed by atoms with Crippen molar-refractivity contribution in [2.75, 3.05) is 0 Å². The molecule has 1 atom stereocenters. The highest BCUT2D eigenvalue weighted by molar-refractivity contribution is 5.75. The summed E-state index contributed by atoms with van der Waals surface area (Å²) in [7, 11) is 0. The maximum atomic E-state index is 12.5. The lowest BCUT2D eigenvalue weighted by atomic mass is 10.1. The first kappa shape index (κ1) is 19.3. The largest absolute Gasteiger partial charge is 0.361 e. The smallest absolute Gasteiger partial charge is 0.242 e. The lowest BCUT2D eigenvalue weighted by Crippen LogP contribution is -2.30. The molecule has 152 valence electrons. The Morgan fingerprint density at radius 3 is 2.83 bits per heavy atom. The van der Waals surface area contributed by atoms with E-state index in [0.717, 1.165) is 17.8 Å². The number of amides is 1. The number of nitrogens with zero attached hydrogens (tertiary/aromatic N) is 4. The van der Waals surface area contributed by atoms with Gasteiger partial charge in [0.15, 0.2) is 5.82 Å². The number of aromatic nitrogens is 4. The molecule has 8 heteroatoms. The molecule has 3 aromatic rings. The van der Waals surface area contributed by atoms with E-state index < -0.39 is 0 Å². The van der Waals surface area contributed by atoms with Crippen LogP contribution in [0.3, 0.4) is 0 Å².